The molecule has 1 aliphatic heterocycles. The van der Waals surface area contributed by atoms with Crippen LogP contribution in [0.3, 0.4) is 0 Å². The first kappa shape index (κ1) is 19.6. The maximum absolute atomic E-state index is 12.5. The molecular formula is C21H24BrN3O2. The van der Waals surface area contributed by atoms with Crippen molar-refractivity contribution in [2.75, 3.05) is 30.3 Å². The summed E-state index contributed by atoms with van der Waals surface area (Å²) in [7, 11) is 0. The number of benzene rings is 2. The van der Waals surface area contributed by atoms with Gasteiger partial charge in [-0.3, -0.25) is 14.5 Å². The van der Waals surface area contributed by atoms with Crippen molar-refractivity contribution in [2.45, 2.75) is 19.8 Å². The van der Waals surface area contributed by atoms with Gasteiger partial charge in [-0.15, -0.1) is 0 Å². The first-order chi connectivity index (χ1) is 13.0. The smallest absolute Gasteiger partial charge is 0.238 e. The molecule has 0 saturated carbocycles. The Morgan fingerprint density at radius 2 is 1.89 bits per heavy atom. The number of rotatable bonds is 5. The van der Waals surface area contributed by atoms with Crippen LogP contribution < -0.4 is 10.6 Å². The minimum Gasteiger partial charge on any atom is -0.326 e. The quantitative estimate of drug-likeness (QED) is 0.753. The second-order valence-electron chi connectivity index (χ2n) is 6.94. The van der Waals surface area contributed by atoms with E-state index < -0.39 is 0 Å². The summed E-state index contributed by atoms with van der Waals surface area (Å²) in [6.45, 7) is 3.73. The number of likely N-dealkylation sites (tertiary alicyclic amines) is 1. The maximum atomic E-state index is 12.5. The van der Waals surface area contributed by atoms with E-state index in [0.717, 1.165) is 40.8 Å². The highest BCUT2D eigenvalue weighted by Gasteiger charge is 2.26. The molecular weight excluding hydrogens is 406 g/mol. The van der Waals surface area contributed by atoms with Crippen molar-refractivity contribution in [1.29, 1.82) is 0 Å². The fourth-order valence-corrected chi connectivity index (χ4v) is 3.63. The third-order valence-corrected chi connectivity index (χ3v) is 5.59. The van der Waals surface area contributed by atoms with Gasteiger partial charge in [0.25, 0.3) is 0 Å². The lowest BCUT2D eigenvalue weighted by molar-refractivity contribution is -0.123. The van der Waals surface area contributed by atoms with Gasteiger partial charge in [-0.25, -0.2) is 0 Å². The Labute approximate surface area is 168 Å². The fraction of sp³-hybridized carbons (Fsp3) is 0.333. The molecule has 6 heteroatoms. The zero-order chi connectivity index (χ0) is 19.2. The summed E-state index contributed by atoms with van der Waals surface area (Å²) < 4.78 is 0.968. The van der Waals surface area contributed by atoms with Gasteiger partial charge in [0, 0.05) is 22.4 Å². The van der Waals surface area contributed by atoms with Gasteiger partial charge in [-0.05, 0) is 56.1 Å². The molecule has 2 aromatic carbocycles. The molecule has 2 aromatic rings. The van der Waals surface area contributed by atoms with Crippen LogP contribution in [0, 0.1) is 12.8 Å². The van der Waals surface area contributed by atoms with Crippen molar-refractivity contribution in [3.63, 3.8) is 0 Å². The lowest BCUT2D eigenvalue weighted by Gasteiger charge is -2.31. The molecule has 5 nitrogen and oxygen atoms in total. The van der Waals surface area contributed by atoms with Crippen molar-refractivity contribution in [3.8, 4) is 0 Å². The summed E-state index contributed by atoms with van der Waals surface area (Å²) in [5, 5.41) is 5.90. The zero-order valence-corrected chi connectivity index (χ0v) is 17.0. The van der Waals surface area contributed by atoms with E-state index in [2.05, 4.69) is 31.5 Å². The van der Waals surface area contributed by atoms with Gasteiger partial charge in [0.15, 0.2) is 0 Å². The van der Waals surface area contributed by atoms with Gasteiger partial charge >= 0.3 is 0 Å². The number of anilines is 2. The van der Waals surface area contributed by atoms with E-state index in [1.165, 1.54) is 0 Å². The third kappa shape index (κ3) is 5.65. The standard InChI is InChI=1S/C21H24BrN3O2/c1-15-9-10-18(12-19(15)22)23-20(26)14-25-11-5-6-16(13-25)21(27)24-17-7-3-2-4-8-17/h2-4,7-10,12,16H,5-6,11,13-14H2,1H3,(H,23,26)(H,24,27)/t16-/m0/s1. The molecule has 1 saturated heterocycles. The molecule has 0 aliphatic carbocycles. The second-order valence-corrected chi connectivity index (χ2v) is 7.80. The van der Waals surface area contributed by atoms with Crippen molar-refractivity contribution >= 4 is 39.1 Å². The molecule has 2 amide bonds. The number of para-hydroxylation sites is 1. The van der Waals surface area contributed by atoms with E-state index in [1.807, 2.05) is 55.5 Å². The molecule has 3 rings (SSSR count). The first-order valence-electron chi connectivity index (χ1n) is 9.15. The molecule has 1 fully saturated rings. The molecule has 1 heterocycles. The molecule has 0 spiro atoms. The Balaban J connectivity index is 1.52. The van der Waals surface area contributed by atoms with Gasteiger partial charge < -0.3 is 10.6 Å². The fourth-order valence-electron chi connectivity index (χ4n) is 3.25. The van der Waals surface area contributed by atoms with Gasteiger partial charge in [-0.2, -0.15) is 0 Å². The third-order valence-electron chi connectivity index (χ3n) is 4.74. The number of nitrogens with one attached hydrogen (secondary N) is 2. The summed E-state index contributed by atoms with van der Waals surface area (Å²) in [6, 6.07) is 15.2. The van der Waals surface area contributed by atoms with Crippen molar-refractivity contribution in [2.24, 2.45) is 5.92 Å². The van der Waals surface area contributed by atoms with Crippen LogP contribution in [0.15, 0.2) is 53.0 Å². The first-order valence-corrected chi connectivity index (χ1v) is 9.95. The number of aryl methyl sites for hydroxylation is 1. The van der Waals surface area contributed by atoms with Crippen LogP contribution >= 0.6 is 15.9 Å². The minimum absolute atomic E-state index is 0.0220. The Hall–Kier alpha value is -2.18. The largest absolute Gasteiger partial charge is 0.326 e. The lowest BCUT2D eigenvalue weighted by atomic mass is 9.97. The van der Waals surface area contributed by atoms with Crippen LogP contribution in [0.4, 0.5) is 11.4 Å². The molecule has 27 heavy (non-hydrogen) atoms. The van der Waals surface area contributed by atoms with Gasteiger partial charge in [0.2, 0.25) is 11.8 Å². The Kier molecular flexibility index (Phi) is 6.63. The Morgan fingerprint density at radius 3 is 2.63 bits per heavy atom. The monoisotopic (exact) mass is 429 g/mol. The summed E-state index contributed by atoms with van der Waals surface area (Å²) in [4.78, 5) is 26.9. The lowest BCUT2D eigenvalue weighted by Crippen LogP contribution is -2.43. The van der Waals surface area contributed by atoms with E-state index >= 15 is 0 Å². The van der Waals surface area contributed by atoms with Crippen molar-refractivity contribution in [1.82, 2.24) is 4.90 Å². The number of hydrogen-bond acceptors (Lipinski definition) is 3. The SMILES string of the molecule is Cc1ccc(NC(=O)CN2CCC[C@H](C(=O)Nc3ccccc3)C2)cc1Br. The molecule has 0 bridgehead atoms. The summed E-state index contributed by atoms with van der Waals surface area (Å²) in [5.74, 6) is -0.135. The number of halogens is 1. The van der Waals surface area contributed by atoms with E-state index in [-0.39, 0.29) is 17.7 Å². The van der Waals surface area contributed by atoms with Crippen LogP contribution in [0.5, 0.6) is 0 Å². The minimum atomic E-state index is -0.0970. The van der Waals surface area contributed by atoms with E-state index in [1.54, 1.807) is 0 Å². The predicted octanol–water partition coefficient (Wildman–Crippen LogP) is 4.05. The summed E-state index contributed by atoms with van der Waals surface area (Å²) in [5.41, 5.74) is 2.70. The van der Waals surface area contributed by atoms with Crippen LogP contribution in [0.1, 0.15) is 18.4 Å². The van der Waals surface area contributed by atoms with Gasteiger partial charge in [0.05, 0.1) is 12.5 Å². The Bertz CT molecular complexity index is 810. The molecule has 1 atom stereocenters. The van der Waals surface area contributed by atoms with Crippen LogP contribution in [-0.4, -0.2) is 36.3 Å². The van der Waals surface area contributed by atoms with Crippen molar-refractivity contribution in [3.05, 3.63) is 58.6 Å². The highest BCUT2D eigenvalue weighted by molar-refractivity contribution is 9.10. The summed E-state index contributed by atoms with van der Waals surface area (Å²) in [6.07, 6.45) is 1.76. The zero-order valence-electron chi connectivity index (χ0n) is 15.4. The number of carbonyl (C=O) groups is 2. The highest BCUT2D eigenvalue weighted by Crippen LogP contribution is 2.21. The average Bonchev–Trinajstić information content (AvgIpc) is 2.66. The number of carbonyl (C=O) groups excluding carboxylic acids is 2. The Morgan fingerprint density at radius 1 is 1.11 bits per heavy atom. The van der Waals surface area contributed by atoms with Gasteiger partial charge in [0.1, 0.15) is 0 Å². The molecule has 0 radical (unpaired) electrons. The topological polar surface area (TPSA) is 61.4 Å². The van der Waals surface area contributed by atoms with Gasteiger partial charge in [-0.1, -0.05) is 40.2 Å². The van der Waals surface area contributed by atoms with Crippen LogP contribution in [-0.2, 0) is 9.59 Å². The van der Waals surface area contributed by atoms with E-state index in [0.29, 0.717) is 13.1 Å². The molecule has 0 aromatic heterocycles. The van der Waals surface area contributed by atoms with Crippen LogP contribution in [0.25, 0.3) is 0 Å². The summed E-state index contributed by atoms with van der Waals surface area (Å²) >= 11 is 3.48. The van der Waals surface area contributed by atoms with E-state index in [4.69, 9.17) is 0 Å². The molecule has 2 N–H and O–H groups in total. The molecule has 142 valence electrons. The van der Waals surface area contributed by atoms with E-state index in [9.17, 15) is 9.59 Å². The maximum Gasteiger partial charge on any atom is 0.238 e. The van der Waals surface area contributed by atoms with Crippen LogP contribution in [0.2, 0.25) is 0 Å². The number of amides is 2. The number of nitrogens with zero attached hydrogens (tertiary/aromatic N) is 1. The number of piperidine rings is 1. The molecule has 0 unspecified atom stereocenters. The highest BCUT2D eigenvalue weighted by atomic mass is 79.9. The van der Waals surface area contributed by atoms with Crippen molar-refractivity contribution < 1.29 is 9.59 Å². The average molecular weight is 430 g/mol. The predicted molar refractivity (Wildman–Crippen MR) is 112 cm³/mol. The number of hydrogen-bond donors (Lipinski definition) is 2. The molecule has 1 aliphatic rings. The second kappa shape index (κ2) is 9.15. The normalized spacial score (nSPS) is 17.3.